The first-order chi connectivity index (χ1) is 8.26. The van der Waals surface area contributed by atoms with Gasteiger partial charge in [0.25, 0.3) is 0 Å². The Balaban J connectivity index is 2.27. The number of hydrogen-bond donors (Lipinski definition) is 2. The van der Waals surface area contributed by atoms with Crippen molar-refractivity contribution in [1.82, 2.24) is 9.97 Å². The molecule has 0 bridgehead atoms. The molecule has 2 rings (SSSR count). The summed E-state index contributed by atoms with van der Waals surface area (Å²) in [6.45, 7) is 3.13. The highest BCUT2D eigenvalue weighted by atomic mass is 16.4. The van der Waals surface area contributed by atoms with Gasteiger partial charge in [0.15, 0.2) is 5.84 Å². The lowest BCUT2D eigenvalue weighted by molar-refractivity contribution is 0.318. The topological polar surface area (TPSA) is 87.6 Å². The molecule has 6 nitrogen and oxygen atoms in total. The fraction of sp³-hybridized carbons (Fsp3) is 0.545. The number of amidine groups is 1. The maximum absolute atomic E-state index is 8.63. The molecule has 0 radical (unpaired) electrons. The minimum Gasteiger partial charge on any atom is -0.409 e. The van der Waals surface area contributed by atoms with Crippen LogP contribution in [-0.2, 0) is 0 Å². The van der Waals surface area contributed by atoms with Crippen molar-refractivity contribution in [2.45, 2.75) is 32.2 Å². The third-order valence-electron chi connectivity index (χ3n) is 3.12. The van der Waals surface area contributed by atoms with Crippen LogP contribution in [0.2, 0.25) is 0 Å². The van der Waals surface area contributed by atoms with Crippen molar-refractivity contribution < 1.29 is 5.21 Å². The van der Waals surface area contributed by atoms with Crippen LogP contribution in [-0.4, -0.2) is 33.6 Å². The van der Waals surface area contributed by atoms with Gasteiger partial charge in [0.2, 0.25) is 5.95 Å². The maximum Gasteiger partial charge on any atom is 0.226 e. The lowest BCUT2D eigenvalue weighted by atomic mass is 10.2. The second-order valence-electron chi connectivity index (χ2n) is 4.12. The Morgan fingerprint density at radius 1 is 1.71 bits per heavy atom. The number of nitrogens with zero attached hydrogens (tertiary/aromatic N) is 4. The molecule has 1 saturated heterocycles. The van der Waals surface area contributed by atoms with E-state index in [1.165, 1.54) is 6.42 Å². The fourth-order valence-electron chi connectivity index (χ4n) is 2.20. The first-order valence-corrected chi connectivity index (χ1v) is 5.83. The molecule has 92 valence electrons. The predicted molar refractivity (Wildman–Crippen MR) is 65.2 cm³/mol. The summed E-state index contributed by atoms with van der Waals surface area (Å²) in [5.74, 6) is 0.680. The Labute approximate surface area is 100 Å². The van der Waals surface area contributed by atoms with Gasteiger partial charge in [0.1, 0.15) is 5.69 Å². The smallest absolute Gasteiger partial charge is 0.226 e. The summed E-state index contributed by atoms with van der Waals surface area (Å²) in [7, 11) is 0. The summed E-state index contributed by atoms with van der Waals surface area (Å²) < 4.78 is 0. The first kappa shape index (κ1) is 11.6. The van der Waals surface area contributed by atoms with E-state index in [0.29, 0.717) is 17.7 Å². The summed E-state index contributed by atoms with van der Waals surface area (Å²) in [5, 5.41) is 11.6. The lowest BCUT2D eigenvalue weighted by Gasteiger charge is -2.23. The number of oxime groups is 1. The molecule has 1 aliphatic heterocycles. The summed E-state index contributed by atoms with van der Waals surface area (Å²) in [5.41, 5.74) is 5.98. The van der Waals surface area contributed by atoms with E-state index in [-0.39, 0.29) is 5.84 Å². The van der Waals surface area contributed by atoms with E-state index in [2.05, 4.69) is 26.9 Å². The van der Waals surface area contributed by atoms with Gasteiger partial charge in [0, 0.05) is 18.8 Å². The zero-order valence-electron chi connectivity index (χ0n) is 9.87. The van der Waals surface area contributed by atoms with Crippen molar-refractivity contribution in [2.24, 2.45) is 10.9 Å². The molecule has 17 heavy (non-hydrogen) atoms. The normalized spacial score (nSPS) is 20.9. The lowest BCUT2D eigenvalue weighted by Crippen LogP contribution is -2.31. The average molecular weight is 235 g/mol. The van der Waals surface area contributed by atoms with Gasteiger partial charge in [-0.2, -0.15) is 0 Å². The molecule has 1 fully saturated rings. The Bertz CT molecular complexity index is 420. The van der Waals surface area contributed by atoms with Crippen molar-refractivity contribution in [3.05, 3.63) is 18.0 Å². The van der Waals surface area contributed by atoms with E-state index in [4.69, 9.17) is 10.9 Å². The SMILES string of the molecule is CCC1CCCN1c1nccc(/C(N)=N/O)n1. The Morgan fingerprint density at radius 2 is 2.53 bits per heavy atom. The van der Waals surface area contributed by atoms with E-state index >= 15 is 0 Å². The third kappa shape index (κ3) is 2.30. The van der Waals surface area contributed by atoms with Crippen molar-refractivity contribution >= 4 is 11.8 Å². The summed E-state index contributed by atoms with van der Waals surface area (Å²) in [4.78, 5) is 10.8. The molecule has 0 aromatic carbocycles. The van der Waals surface area contributed by atoms with Crippen LogP contribution in [0.15, 0.2) is 17.4 Å². The molecule has 3 N–H and O–H groups in total. The number of nitrogens with two attached hydrogens (primary N) is 1. The second kappa shape index (κ2) is 4.99. The van der Waals surface area contributed by atoms with Gasteiger partial charge in [-0.1, -0.05) is 12.1 Å². The van der Waals surface area contributed by atoms with Crippen molar-refractivity contribution in [1.29, 1.82) is 0 Å². The first-order valence-electron chi connectivity index (χ1n) is 5.83. The average Bonchev–Trinajstić information content (AvgIpc) is 2.86. The Morgan fingerprint density at radius 3 is 3.24 bits per heavy atom. The molecular formula is C11H17N5O. The highest BCUT2D eigenvalue weighted by Crippen LogP contribution is 2.24. The zero-order chi connectivity index (χ0) is 12.3. The van der Waals surface area contributed by atoms with E-state index in [1.54, 1.807) is 12.3 Å². The van der Waals surface area contributed by atoms with E-state index in [1.807, 2.05) is 0 Å². The van der Waals surface area contributed by atoms with Gasteiger partial charge >= 0.3 is 0 Å². The molecule has 0 amide bonds. The van der Waals surface area contributed by atoms with E-state index < -0.39 is 0 Å². The quantitative estimate of drug-likeness (QED) is 0.352. The fourth-order valence-corrected chi connectivity index (χ4v) is 2.20. The van der Waals surface area contributed by atoms with Crippen LogP contribution < -0.4 is 10.6 Å². The molecule has 0 aliphatic carbocycles. The monoisotopic (exact) mass is 235 g/mol. The van der Waals surface area contributed by atoms with Gasteiger partial charge < -0.3 is 15.8 Å². The van der Waals surface area contributed by atoms with Gasteiger partial charge in [0.05, 0.1) is 0 Å². The molecule has 6 heteroatoms. The molecular weight excluding hydrogens is 218 g/mol. The summed E-state index contributed by atoms with van der Waals surface area (Å²) in [6, 6.07) is 2.13. The van der Waals surface area contributed by atoms with E-state index in [0.717, 1.165) is 19.4 Å². The number of anilines is 1. The van der Waals surface area contributed by atoms with Gasteiger partial charge in [-0.3, -0.25) is 0 Å². The molecule has 1 atom stereocenters. The maximum atomic E-state index is 8.63. The molecule has 0 saturated carbocycles. The largest absolute Gasteiger partial charge is 0.409 e. The Kier molecular flexibility index (Phi) is 3.41. The minimum atomic E-state index is 0.0147. The minimum absolute atomic E-state index is 0.0147. The van der Waals surface area contributed by atoms with Crippen molar-refractivity contribution in [3.8, 4) is 0 Å². The standard InChI is InChI=1S/C11H17N5O/c1-2-8-4-3-7-16(8)11-13-6-5-9(14-11)10(12)15-17/h5-6,8,17H,2-4,7H2,1H3,(H2,12,15). The van der Waals surface area contributed by atoms with Gasteiger partial charge in [-0.15, -0.1) is 0 Å². The zero-order valence-corrected chi connectivity index (χ0v) is 9.87. The van der Waals surface area contributed by atoms with Crippen molar-refractivity contribution in [3.63, 3.8) is 0 Å². The van der Waals surface area contributed by atoms with Crippen LogP contribution in [0.5, 0.6) is 0 Å². The molecule has 1 aromatic heterocycles. The van der Waals surface area contributed by atoms with Crippen LogP contribution in [0.25, 0.3) is 0 Å². The predicted octanol–water partition coefficient (Wildman–Crippen LogP) is 0.950. The van der Waals surface area contributed by atoms with Crippen LogP contribution >= 0.6 is 0 Å². The van der Waals surface area contributed by atoms with Crippen LogP contribution in [0.3, 0.4) is 0 Å². The molecule has 1 unspecified atom stereocenters. The molecule has 1 aliphatic rings. The van der Waals surface area contributed by atoms with Crippen LogP contribution in [0, 0.1) is 0 Å². The highest BCUT2D eigenvalue weighted by Gasteiger charge is 2.25. The van der Waals surface area contributed by atoms with Crippen molar-refractivity contribution in [2.75, 3.05) is 11.4 Å². The van der Waals surface area contributed by atoms with E-state index in [9.17, 15) is 0 Å². The second-order valence-corrected chi connectivity index (χ2v) is 4.12. The number of rotatable bonds is 3. The molecule has 1 aromatic rings. The summed E-state index contributed by atoms with van der Waals surface area (Å²) >= 11 is 0. The molecule has 2 heterocycles. The third-order valence-corrected chi connectivity index (χ3v) is 3.12. The summed E-state index contributed by atoms with van der Waals surface area (Å²) in [6.07, 6.45) is 5.06. The molecule has 0 spiro atoms. The van der Waals surface area contributed by atoms with Crippen LogP contribution in [0.4, 0.5) is 5.95 Å². The van der Waals surface area contributed by atoms with Crippen LogP contribution in [0.1, 0.15) is 31.9 Å². The highest BCUT2D eigenvalue weighted by molar-refractivity contribution is 5.95. The van der Waals surface area contributed by atoms with Gasteiger partial charge in [-0.25, -0.2) is 9.97 Å². The number of aromatic nitrogens is 2. The van der Waals surface area contributed by atoms with Gasteiger partial charge in [-0.05, 0) is 25.3 Å². The Hall–Kier alpha value is -1.85. The number of hydrogen-bond acceptors (Lipinski definition) is 5.